The number of β-amino-alcohol motifs (C(OH)–C–C–N with tert-alkyl or cyclic N) is 1. The summed E-state index contributed by atoms with van der Waals surface area (Å²) in [5, 5.41) is 16.3. The van der Waals surface area contributed by atoms with Gasteiger partial charge in [-0.15, -0.1) is 0 Å². The number of rotatable bonds is 8. The van der Waals surface area contributed by atoms with Gasteiger partial charge in [-0.1, -0.05) is 24.8 Å². The number of nitrogens with zero attached hydrogens (tertiary/aromatic N) is 5. The van der Waals surface area contributed by atoms with Crippen molar-refractivity contribution in [3.8, 4) is 11.1 Å². The number of aromatic nitrogens is 3. The molecule has 1 aliphatic heterocycles. The number of anilines is 4. The first kappa shape index (κ1) is 28.1. The number of aliphatic hydroxyl groups is 1. The Balaban J connectivity index is 1.37. The zero-order chi connectivity index (χ0) is 29.1. The molecule has 0 unspecified atom stereocenters. The lowest BCUT2D eigenvalue weighted by molar-refractivity contribution is -0.111. The van der Waals surface area contributed by atoms with Crippen LogP contribution in [0, 0.1) is 11.6 Å². The molecule has 41 heavy (non-hydrogen) atoms. The molecular formula is C30H31F2N7O2. The Morgan fingerprint density at radius 2 is 1.88 bits per heavy atom. The number of halogens is 2. The monoisotopic (exact) mass is 559 g/mol. The van der Waals surface area contributed by atoms with Gasteiger partial charge in [0, 0.05) is 56.1 Å². The van der Waals surface area contributed by atoms with Gasteiger partial charge in [0.15, 0.2) is 11.6 Å². The number of benzene rings is 2. The van der Waals surface area contributed by atoms with Crippen molar-refractivity contribution < 1.29 is 18.7 Å². The molecule has 1 fully saturated rings. The number of para-hydroxylation sites is 1. The maximum absolute atomic E-state index is 15.2. The molecule has 0 radical (unpaired) electrons. The minimum absolute atomic E-state index is 0.0814. The highest BCUT2D eigenvalue weighted by Gasteiger charge is 2.25. The van der Waals surface area contributed by atoms with E-state index in [1.54, 1.807) is 44.4 Å². The molecule has 2 aromatic carbocycles. The van der Waals surface area contributed by atoms with Crippen molar-refractivity contribution in [2.45, 2.75) is 19.4 Å². The van der Waals surface area contributed by atoms with Crippen LogP contribution in [0.15, 0.2) is 67.5 Å². The van der Waals surface area contributed by atoms with Gasteiger partial charge < -0.3 is 20.6 Å². The van der Waals surface area contributed by atoms with E-state index in [1.807, 2.05) is 23.1 Å². The molecule has 1 amide bonds. The lowest BCUT2D eigenvalue weighted by atomic mass is 10.0. The third-order valence-corrected chi connectivity index (χ3v) is 6.75. The van der Waals surface area contributed by atoms with E-state index in [2.05, 4.69) is 37.1 Å². The molecule has 212 valence electrons. The van der Waals surface area contributed by atoms with Gasteiger partial charge in [0.2, 0.25) is 11.9 Å². The van der Waals surface area contributed by atoms with Gasteiger partial charge in [0.1, 0.15) is 5.82 Å². The molecule has 5 rings (SSSR count). The molecule has 0 bridgehead atoms. The zero-order valence-electron chi connectivity index (χ0n) is 22.9. The maximum Gasteiger partial charge on any atom is 0.248 e. The number of pyridine rings is 1. The fraction of sp³-hybridized carbons (Fsp3) is 0.267. The van der Waals surface area contributed by atoms with Crippen LogP contribution in [-0.4, -0.2) is 69.2 Å². The molecule has 0 atom stereocenters. The first-order chi connectivity index (χ1) is 19.6. The Morgan fingerprint density at radius 3 is 2.61 bits per heavy atom. The molecule has 0 spiro atoms. The van der Waals surface area contributed by atoms with E-state index in [0.29, 0.717) is 44.1 Å². The molecule has 2 aromatic heterocycles. The van der Waals surface area contributed by atoms with E-state index in [-0.39, 0.29) is 23.2 Å². The normalized spacial score (nSPS) is 14.2. The summed E-state index contributed by atoms with van der Waals surface area (Å²) in [6.45, 7) is 9.78. The van der Waals surface area contributed by atoms with Crippen LogP contribution in [-0.2, 0) is 4.79 Å². The number of piperazine rings is 1. The minimum Gasteiger partial charge on any atom is -0.389 e. The molecule has 9 nitrogen and oxygen atoms in total. The average molecular weight is 560 g/mol. The van der Waals surface area contributed by atoms with Crippen molar-refractivity contribution in [1.29, 1.82) is 0 Å². The summed E-state index contributed by atoms with van der Waals surface area (Å²) in [5.74, 6) is -1.89. The number of amides is 1. The highest BCUT2D eigenvalue weighted by atomic mass is 19.2. The molecule has 3 heterocycles. The van der Waals surface area contributed by atoms with Crippen LogP contribution in [0.5, 0.6) is 0 Å². The van der Waals surface area contributed by atoms with Crippen LogP contribution in [0.4, 0.5) is 31.9 Å². The van der Waals surface area contributed by atoms with Crippen molar-refractivity contribution in [2.75, 3.05) is 48.3 Å². The summed E-state index contributed by atoms with van der Waals surface area (Å²) in [5.41, 5.74) is 1.37. The van der Waals surface area contributed by atoms with Gasteiger partial charge in [-0.05, 0) is 49.8 Å². The van der Waals surface area contributed by atoms with Crippen molar-refractivity contribution >= 4 is 40.0 Å². The number of carbonyl (C=O) groups is 1. The van der Waals surface area contributed by atoms with Crippen LogP contribution >= 0.6 is 0 Å². The zero-order valence-corrected chi connectivity index (χ0v) is 22.9. The Kier molecular flexibility index (Phi) is 7.91. The first-order valence-corrected chi connectivity index (χ1v) is 13.2. The standard InChI is InChI=1S/C30H31F2N7O2/c1-4-25(40)36-24-16-19(10-11-33-24)21-7-5-6-20-17-34-29(37-28(20)21)35-22-8-9-23(27(32)26(22)31)39-14-12-38(13-15-39)18-30(2,3)41/h4-11,16-17,41H,1,12-15,18H2,2-3H3,(H,33,36,40)(H,34,35,37). The van der Waals surface area contributed by atoms with Crippen LogP contribution in [0.2, 0.25) is 0 Å². The van der Waals surface area contributed by atoms with E-state index in [4.69, 9.17) is 0 Å². The minimum atomic E-state index is -1.02. The quantitative estimate of drug-likeness (QED) is 0.266. The first-order valence-electron chi connectivity index (χ1n) is 13.2. The van der Waals surface area contributed by atoms with Gasteiger partial charge in [-0.3, -0.25) is 9.69 Å². The largest absolute Gasteiger partial charge is 0.389 e. The Labute approximate surface area is 236 Å². The molecule has 0 aliphatic carbocycles. The number of nitrogens with one attached hydrogen (secondary N) is 2. The molecule has 0 saturated carbocycles. The summed E-state index contributed by atoms with van der Waals surface area (Å²) in [7, 11) is 0. The average Bonchev–Trinajstić information content (AvgIpc) is 2.95. The lowest BCUT2D eigenvalue weighted by Crippen LogP contribution is -2.50. The van der Waals surface area contributed by atoms with Gasteiger partial charge in [-0.2, -0.15) is 0 Å². The topological polar surface area (TPSA) is 107 Å². The number of fused-ring (bicyclic) bond motifs is 1. The van der Waals surface area contributed by atoms with E-state index in [1.165, 1.54) is 6.07 Å². The second-order valence-corrected chi connectivity index (χ2v) is 10.5. The fourth-order valence-electron chi connectivity index (χ4n) is 4.89. The maximum atomic E-state index is 15.2. The molecule has 1 aliphatic rings. The van der Waals surface area contributed by atoms with Gasteiger partial charge in [-0.25, -0.2) is 23.7 Å². The van der Waals surface area contributed by atoms with Crippen molar-refractivity contribution in [2.24, 2.45) is 0 Å². The van der Waals surface area contributed by atoms with Crippen molar-refractivity contribution in [3.05, 3.63) is 79.1 Å². The summed E-state index contributed by atoms with van der Waals surface area (Å²) >= 11 is 0. The third-order valence-electron chi connectivity index (χ3n) is 6.75. The van der Waals surface area contributed by atoms with E-state index in [0.717, 1.165) is 22.6 Å². The molecular weight excluding hydrogens is 528 g/mol. The predicted molar refractivity (Wildman–Crippen MR) is 156 cm³/mol. The van der Waals surface area contributed by atoms with E-state index in [9.17, 15) is 9.90 Å². The van der Waals surface area contributed by atoms with Gasteiger partial charge >= 0.3 is 0 Å². The van der Waals surface area contributed by atoms with Crippen molar-refractivity contribution in [3.63, 3.8) is 0 Å². The van der Waals surface area contributed by atoms with Gasteiger partial charge in [0.25, 0.3) is 0 Å². The Hall–Kier alpha value is -4.48. The smallest absolute Gasteiger partial charge is 0.248 e. The van der Waals surface area contributed by atoms with E-state index >= 15 is 8.78 Å². The summed E-state index contributed by atoms with van der Waals surface area (Å²) in [6, 6.07) is 12.1. The summed E-state index contributed by atoms with van der Waals surface area (Å²) in [6.07, 6.45) is 4.33. The second kappa shape index (κ2) is 11.6. The highest BCUT2D eigenvalue weighted by molar-refractivity contribution is 5.99. The molecule has 3 N–H and O–H groups in total. The lowest BCUT2D eigenvalue weighted by Gasteiger charge is -2.38. The Morgan fingerprint density at radius 1 is 1.10 bits per heavy atom. The van der Waals surface area contributed by atoms with Crippen LogP contribution in [0.25, 0.3) is 22.0 Å². The predicted octanol–water partition coefficient (Wildman–Crippen LogP) is 4.73. The third kappa shape index (κ3) is 6.47. The number of hydrogen-bond donors (Lipinski definition) is 3. The molecule has 1 saturated heterocycles. The summed E-state index contributed by atoms with van der Waals surface area (Å²) < 4.78 is 30.4. The van der Waals surface area contributed by atoms with Crippen LogP contribution in [0.1, 0.15) is 13.8 Å². The second-order valence-electron chi connectivity index (χ2n) is 10.5. The fourth-order valence-corrected chi connectivity index (χ4v) is 4.89. The van der Waals surface area contributed by atoms with Crippen molar-refractivity contribution in [1.82, 2.24) is 19.9 Å². The van der Waals surface area contributed by atoms with E-state index < -0.39 is 17.2 Å². The molecule has 11 heteroatoms. The highest BCUT2D eigenvalue weighted by Crippen LogP contribution is 2.32. The SMILES string of the molecule is C=CC(=O)Nc1cc(-c2cccc3cnc(Nc4ccc(N5CCN(CC(C)(C)O)CC5)c(F)c4F)nc23)ccn1. The molecule has 4 aromatic rings. The van der Waals surface area contributed by atoms with Crippen LogP contribution < -0.4 is 15.5 Å². The van der Waals surface area contributed by atoms with Gasteiger partial charge in [0.05, 0.1) is 22.5 Å². The number of carbonyl (C=O) groups excluding carboxylic acids is 1. The summed E-state index contributed by atoms with van der Waals surface area (Å²) in [4.78, 5) is 28.7. The Bertz CT molecular complexity index is 1600. The van der Waals surface area contributed by atoms with Crippen LogP contribution in [0.3, 0.4) is 0 Å². The number of hydrogen-bond acceptors (Lipinski definition) is 8.